The van der Waals surface area contributed by atoms with Crippen LogP contribution in [0.3, 0.4) is 0 Å². The Hall–Kier alpha value is -6.59. The average Bonchev–Trinajstić information content (AvgIpc) is 3.22. The van der Waals surface area contributed by atoms with Crippen LogP contribution in [0.2, 0.25) is 0 Å². The fourth-order valence-electron chi connectivity index (χ4n) is 5.86. The molecule has 5 aromatic carbocycles. The van der Waals surface area contributed by atoms with Gasteiger partial charge in [0.15, 0.2) is 18.3 Å². The van der Waals surface area contributed by atoms with E-state index in [1.54, 1.807) is 115 Å². The van der Waals surface area contributed by atoms with Gasteiger partial charge < -0.3 is 28.4 Å². The molecule has 0 aromatic heterocycles. The molecule has 6 rings (SSSR count). The van der Waals surface area contributed by atoms with E-state index in [1.807, 2.05) is 0 Å². The summed E-state index contributed by atoms with van der Waals surface area (Å²) in [6, 6.07) is 40.6. The van der Waals surface area contributed by atoms with Gasteiger partial charge in [-0.15, -0.1) is 0 Å². The Labute approximate surface area is 311 Å². The molecule has 1 aliphatic rings. The minimum absolute atomic E-state index is 0.150. The first-order valence-electron chi connectivity index (χ1n) is 17.2. The maximum Gasteiger partial charge on any atom is 0.338 e. The summed E-state index contributed by atoms with van der Waals surface area (Å²) in [7, 11) is 0. The molecule has 0 saturated carbocycles. The molecule has 1 fully saturated rings. The summed E-state index contributed by atoms with van der Waals surface area (Å²) in [6.45, 7) is 1.02. The molecular weight excluding hydrogens is 692 g/mol. The third-order valence-corrected chi connectivity index (χ3v) is 8.58. The fourth-order valence-corrected chi connectivity index (χ4v) is 5.86. The third-order valence-electron chi connectivity index (χ3n) is 8.58. The van der Waals surface area contributed by atoms with Crippen LogP contribution in [0.25, 0.3) is 0 Å². The SMILES string of the molecule is C[C@@H](OC(=O)c1ccccc1)[C@H]1O[C@H](COC(=O)c2ccccc2)[C@@H](OC(=O)c2ccccc2)[C@H](OC(=O)c2ccccc2)[C@H]1OC(=O)c1ccccc1. The van der Waals surface area contributed by atoms with E-state index in [1.165, 1.54) is 43.3 Å². The van der Waals surface area contributed by atoms with Gasteiger partial charge in [0, 0.05) is 0 Å². The van der Waals surface area contributed by atoms with Crippen molar-refractivity contribution in [1.82, 2.24) is 0 Å². The first kappa shape index (κ1) is 37.2. The van der Waals surface area contributed by atoms with Crippen LogP contribution in [-0.4, -0.2) is 73.1 Å². The number of hydrogen-bond acceptors (Lipinski definition) is 11. The summed E-state index contributed by atoms with van der Waals surface area (Å²) in [5.74, 6) is -3.89. The van der Waals surface area contributed by atoms with Crippen LogP contribution in [-0.2, 0) is 28.4 Å². The number of carbonyl (C=O) groups excluding carboxylic acids is 5. The Morgan fingerprint density at radius 3 is 1.20 bits per heavy atom. The zero-order valence-corrected chi connectivity index (χ0v) is 29.1. The van der Waals surface area contributed by atoms with Gasteiger partial charge in [-0.1, -0.05) is 91.0 Å². The molecule has 54 heavy (non-hydrogen) atoms. The molecule has 11 nitrogen and oxygen atoms in total. The van der Waals surface area contributed by atoms with Crippen LogP contribution in [0.15, 0.2) is 152 Å². The van der Waals surface area contributed by atoms with Crippen molar-refractivity contribution in [2.24, 2.45) is 0 Å². The lowest BCUT2D eigenvalue weighted by Crippen LogP contribution is -2.65. The van der Waals surface area contributed by atoms with Crippen LogP contribution in [0, 0.1) is 0 Å². The molecule has 6 atom stereocenters. The molecule has 274 valence electrons. The number of esters is 5. The van der Waals surface area contributed by atoms with E-state index >= 15 is 0 Å². The van der Waals surface area contributed by atoms with E-state index in [2.05, 4.69) is 0 Å². The zero-order chi connectivity index (χ0) is 37.9. The Morgan fingerprint density at radius 2 is 0.796 bits per heavy atom. The molecule has 0 bridgehead atoms. The molecule has 11 heteroatoms. The van der Waals surface area contributed by atoms with Gasteiger partial charge >= 0.3 is 29.8 Å². The molecule has 1 aliphatic heterocycles. The van der Waals surface area contributed by atoms with Crippen LogP contribution < -0.4 is 0 Å². The Kier molecular flexibility index (Phi) is 12.2. The summed E-state index contributed by atoms with van der Waals surface area (Å²) in [4.78, 5) is 67.7. The van der Waals surface area contributed by atoms with Gasteiger partial charge in [0.05, 0.1) is 27.8 Å². The van der Waals surface area contributed by atoms with Crippen LogP contribution >= 0.6 is 0 Å². The number of rotatable bonds is 12. The van der Waals surface area contributed by atoms with Gasteiger partial charge in [-0.05, 0) is 67.6 Å². The van der Waals surface area contributed by atoms with Crippen LogP contribution in [0.4, 0.5) is 0 Å². The maximum absolute atomic E-state index is 13.8. The Balaban J connectivity index is 1.42. The predicted molar refractivity (Wildman–Crippen MR) is 194 cm³/mol. The lowest BCUT2D eigenvalue weighted by Gasteiger charge is -2.46. The van der Waals surface area contributed by atoms with Crippen molar-refractivity contribution in [2.75, 3.05) is 6.61 Å². The normalized spacial score (nSPS) is 19.7. The van der Waals surface area contributed by atoms with E-state index < -0.39 is 73.1 Å². The topological polar surface area (TPSA) is 141 Å². The van der Waals surface area contributed by atoms with E-state index in [0.29, 0.717) is 0 Å². The lowest BCUT2D eigenvalue weighted by molar-refractivity contribution is -0.245. The number of hydrogen-bond donors (Lipinski definition) is 0. The summed E-state index contributed by atoms with van der Waals surface area (Å²) in [5.41, 5.74) is 0.964. The number of carbonyl (C=O) groups is 5. The Morgan fingerprint density at radius 1 is 0.463 bits per heavy atom. The van der Waals surface area contributed by atoms with Crippen LogP contribution in [0.5, 0.6) is 0 Å². The second kappa shape index (κ2) is 17.8. The largest absolute Gasteiger partial charge is 0.459 e. The lowest BCUT2D eigenvalue weighted by atomic mass is 9.91. The van der Waals surface area contributed by atoms with Crippen molar-refractivity contribution in [3.8, 4) is 0 Å². The predicted octanol–water partition coefficient (Wildman–Crippen LogP) is 6.53. The van der Waals surface area contributed by atoms with E-state index in [0.717, 1.165) is 0 Å². The quantitative estimate of drug-likeness (QED) is 0.102. The minimum Gasteiger partial charge on any atom is -0.459 e. The molecule has 0 N–H and O–H groups in total. The summed E-state index contributed by atoms with van der Waals surface area (Å²) >= 11 is 0. The summed E-state index contributed by atoms with van der Waals surface area (Å²) in [6.07, 6.45) is -8.45. The maximum atomic E-state index is 13.8. The molecule has 0 radical (unpaired) electrons. The molecule has 1 heterocycles. The molecule has 0 unspecified atom stereocenters. The van der Waals surface area contributed by atoms with Crippen molar-refractivity contribution in [3.63, 3.8) is 0 Å². The number of ether oxygens (including phenoxy) is 6. The van der Waals surface area contributed by atoms with Gasteiger partial charge in [0.2, 0.25) is 0 Å². The van der Waals surface area contributed by atoms with Crippen molar-refractivity contribution in [3.05, 3.63) is 179 Å². The fraction of sp³-hybridized carbons (Fsp3) is 0.186. The minimum atomic E-state index is -1.57. The van der Waals surface area contributed by atoms with Gasteiger partial charge in [-0.2, -0.15) is 0 Å². The molecule has 0 aliphatic carbocycles. The molecular formula is C43H36O11. The Bertz CT molecular complexity index is 2020. The highest BCUT2D eigenvalue weighted by Gasteiger charge is 2.55. The molecule has 0 amide bonds. The van der Waals surface area contributed by atoms with E-state index in [9.17, 15) is 24.0 Å². The second-order valence-electron chi connectivity index (χ2n) is 12.3. The number of benzene rings is 5. The summed E-state index contributed by atoms with van der Waals surface area (Å²) < 4.78 is 36.2. The van der Waals surface area contributed by atoms with Crippen molar-refractivity contribution in [1.29, 1.82) is 0 Å². The highest BCUT2D eigenvalue weighted by Crippen LogP contribution is 2.33. The molecule has 5 aromatic rings. The molecule has 1 saturated heterocycles. The van der Waals surface area contributed by atoms with E-state index in [4.69, 9.17) is 28.4 Å². The van der Waals surface area contributed by atoms with Crippen molar-refractivity contribution < 1.29 is 52.4 Å². The monoisotopic (exact) mass is 728 g/mol. The first-order chi connectivity index (χ1) is 26.3. The van der Waals surface area contributed by atoms with Gasteiger partial charge in [0.25, 0.3) is 0 Å². The second-order valence-corrected chi connectivity index (χ2v) is 12.3. The highest BCUT2D eigenvalue weighted by molar-refractivity contribution is 5.92. The van der Waals surface area contributed by atoms with Gasteiger partial charge in [-0.3, -0.25) is 0 Å². The van der Waals surface area contributed by atoms with Crippen molar-refractivity contribution in [2.45, 2.75) is 43.5 Å². The van der Waals surface area contributed by atoms with Gasteiger partial charge in [-0.25, -0.2) is 24.0 Å². The average molecular weight is 729 g/mol. The zero-order valence-electron chi connectivity index (χ0n) is 29.1. The summed E-state index contributed by atoms with van der Waals surface area (Å²) in [5, 5.41) is 0. The van der Waals surface area contributed by atoms with Crippen LogP contribution in [0.1, 0.15) is 58.7 Å². The van der Waals surface area contributed by atoms with Gasteiger partial charge in [0.1, 0.15) is 24.9 Å². The first-order valence-corrected chi connectivity index (χ1v) is 17.2. The molecule has 0 spiro atoms. The standard InChI is InChI=1S/C43H36O11/c1-28(50-40(45)30-19-9-3-10-20-30)35-37(53-42(47)32-23-13-5-14-24-32)38(54-43(48)33-25-15-6-16-26-33)36(52-41(46)31-21-11-4-12-22-31)34(51-35)27-49-39(44)29-17-7-2-8-18-29/h2-26,28,34-38H,27H2,1H3/t28-,34-,35-,36-,37+,38+/m1/s1. The van der Waals surface area contributed by atoms with E-state index in [-0.39, 0.29) is 27.8 Å². The smallest absolute Gasteiger partial charge is 0.338 e. The van der Waals surface area contributed by atoms with Crippen molar-refractivity contribution >= 4 is 29.8 Å². The highest BCUT2D eigenvalue weighted by atomic mass is 16.7. The third kappa shape index (κ3) is 9.25.